The van der Waals surface area contributed by atoms with Crippen molar-refractivity contribution >= 4 is 46.3 Å². The van der Waals surface area contributed by atoms with Gasteiger partial charge in [0.15, 0.2) is 5.75 Å². The third kappa shape index (κ3) is 9.22. The van der Waals surface area contributed by atoms with Crippen LogP contribution < -0.4 is 10.1 Å². The highest BCUT2D eigenvalue weighted by atomic mass is 16.7. The van der Waals surface area contributed by atoms with Crippen LogP contribution in [0.25, 0.3) is 10.8 Å². The van der Waals surface area contributed by atoms with Crippen molar-refractivity contribution in [2.75, 3.05) is 12.4 Å². The number of amides is 1. The molecular formula is C43H56N2O15. The average Bonchev–Trinajstić information content (AvgIpc) is 3.45. The van der Waals surface area contributed by atoms with Crippen molar-refractivity contribution in [1.29, 1.82) is 0 Å². The molecule has 17 nitrogen and oxygen atoms in total. The topological polar surface area (TPSA) is 260 Å². The lowest BCUT2D eigenvalue weighted by Gasteiger charge is -2.38. The Morgan fingerprint density at radius 3 is 2.18 bits per heavy atom. The van der Waals surface area contributed by atoms with Crippen LogP contribution >= 0.6 is 0 Å². The Labute approximate surface area is 347 Å². The smallest absolute Gasteiger partial charge is 0.348 e. The molecule has 10 atom stereocenters. The zero-order chi connectivity index (χ0) is 45.1. The number of phenolic OH excluding ortho intramolecular Hbond substituents is 3. The fourth-order valence-corrected chi connectivity index (χ4v) is 7.47. The Hall–Kier alpha value is -5.65. The van der Waals surface area contributed by atoms with Gasteiger partial charge in [0.2, 0.25) is 6.10 Å². The Morgan fingerprint density at radius 1 is 0.950 bits per heavy atom. The second-order valence-corrected chi connectivity index (χ2v) is 16.0. The molecule has 0 spiro atoms. The van der Waals surface area contributed by atoms with Gasteiger partial charge in [0.1, 0.15) is 23.4 Å². The van der Waals surface area contributed by atoms with Crippen molar-refractivity contribution in [1.82, 2.24) is 0 Å². The number of rotatable bonds is 7. The van der Waals surface area contributed by atoms with Crippen LogP contribution in [0.3, 0.4) is 0 Å². The number of methoxy groups -OCH3 is 1. The normalized spacial score (nSPS) is 30.3. The van der Waals surface area contributed by atoms with Crippen LogP contribution in [0.4, 0.5) is 5.69 Å². The summed E-state index contributed by atoms with van der Waals surface area (Å²) >= 11 is 0. The number of benzene rings is 2. The number of ketones is 1. The standard InChI is InChI=1S/C43H56N2O15/c1-18(2)37(42(54)55)60-44-17-26-31-36(51)29-28(35(26)50)30-39(24(8)34(29)49)59-43(10,40(30)52)57-16-15-27(56-11)21(5)38(58-25(9)46)23(7)33(48)22(6)32(47)19(3)13-12-14-20(4)41(53)45-31/h12-19,21-23,27,32-33,37-38,47-51H,1-11H3,(H,45,53)(H,54,55)/b13-12-,16-15-,20-14-,44-17-. The predicted octanol–water partition coefficient (Wildman–Crippen LogP) is 5.21. The maximum atomic E-state index is 14.4. The SMILES string of the molecule is COC1/C=C\OC2(C)Oc3c(C)c(O)c4c(O)c(c(/C=N\OC(C(=O)O)C(C)C)c(O)c4c3C2=O)NC(=O)/C(C)=C\C=C/C(C)C(O)C(C)C(O)C(C)C(OC(C)=O)C1C. The first-order chi connectivity index (χ1) is 28.0. The molecule has 5 rings (SSSR count). The second kappa shape index (κ2) is 18.7. The summed E-state index contributed by atoms with van der Waals surface area (Å²) in [4.78, 5) is 57.4. The molecule has 3 aliphatic rings. The van der Waals surface area contributed by atoms with E-state index in [2.05, 4.69) is 10.5 Å². The van der Waals surface area contributed by atoms with Gasteiger partial charge in [0.05, 0.1) is 53.0 Å². The molecule has 5 bridgehead atoms. The Morgan fingerprint density at radius 2 is 1.60 bits per heavy atom. The van der Waals surface area contributed by atoms with Crippen LogP contribution in [0.1, 0.15) is 83.8 Å². The molecule has 3 aliphatic heterocycles. The zero-order valence-electron chi connectivity index (χ0n) is 35.5. The number of aliphatic hydroxyl groups excluding tert-OH is 2. The van der Waals surface area contributed by atoms with Crippen LogP contribution in [0.5, 0.6) is 23.0 Å². The molecule has 60 heavy (non-hydrogen) atoms. The molecule has 3 heterocycles. The first-order valence-electron chi connectivity index (χ1n) is 19.5. The lowest BCUT2D eigenvalue weighted by molar-refractivity contribution is -0.160. The lowest BCUT2D eigenvalue weighted by Crippen LogP contribution is -2.46. The Bertz CT molecular complexity index is 2120. The van der Waals surface area contributed by atoms with Gasteiger partial charge in [0, 0.05) is 67.1 Å². The van der Waals surface area contributed by atoms with Crippen LogP contribution in [0.15, 0.2) is 41.3 Å². The van der Waals surface area contributed by atoms with Crippen LogP contribution in [-0.4, -0.2) is 104 Å². The number of Topliss-reactive ketones (excluding diaryl/α,β-unsaturated/α-hetero) is 1. The van der Waals surface area contributed by atoms with Crippen molar-refractivity contribution in [3.05, 3.63) is 52.8 Å². The molecule has 7 N–H and O–H groups in total. The fourth-order valence-electron chi connectivity index (χ4n) is 7.47. The number of anilines is 1. The van der Waals surface area contributed by atoms with Crippen LogP contribution in [0, 0.1) is 36.5 Å². The van der Waals surface area contributed by atoms with Crippen molar-refractivity contribution in [2.24, 2.45) is 34.7 Å². The van der Waals surface area contributed by atoms with Gasteiger partial charge in [-0.3, -0.25) is 14.4 Å². The van der Waals surface area contributed by atoms with Crippen molar-refractivity contribution in [3.8, 4) is 23.0 Å². The molecule has 0 aromatic heterocycles. The Kier molecular flexibility index (Phi) is 14.7. The number of aliphatic hydroxyl groups is 2. The molecule has 2 aromatic carbocycles. The summed E-state index contributed by atoms with van der Waals surface area (Å²) in [5, 5.41) is 73.1. The number of allylic oxidation sites excluding steroid dienone is 2. The van der Waals surface area contributed by atoms with E-state index in [4.69, 9.17) is 23.8 Å². The number of carboxylic acid groups (broad SMARTS) is 1. The summed E-state index contributed by atoms with van der Waals surface area (Å²) in [6.07, 6.45) is 2.49. The number of nitrogens with one attached hydrogen (secondary N) is 1. The number of carbonyl (C=O) groups is 4. The summed E-state index contributed by atoms with van der Waals surface area (Å²) in [5.74, 6) is -11.3. The third-order valence-electron chi connectivity index (χ3n) is 11.2. The lowest BCUT2D eigenvalue weighted by atomic mass is 9.78. The predicted molar refractivity (Wildman–Crippen MR) is 219 cm³/mol. The number of carbonyl (C=O) groups excluding carboxylic acids is 3. The van der Waals surface area contributed by atoms with E-state index >= 15 is 0 Å². The van der Waals surface area contributed by atoms with Crippen molar-refractivity contribution in [2.45, 2.75) is 106 Å². The van der Waals surface area contributed by atoms with E-state index in [1.807, 2.05) is 0 Å². The number of aliphatic carboxylic acids is 1. The number of ether oxygens (including phenoxy) is 4. The monoisotopic (exact) mass is 840 g/mol. The third-order valence-corrected chi connectivity index (χ3v) is 11.2. The van der Waals surface area contributed by atoms with E-state index < -0.39 is 129 Å². The molecule has 0 radical (unpaired) electrons. The van der Waals surface area contributed by atoms with Crippen LogP contribution in [0.2, 0.25) is 0 Å². The van der Waals surface area contributed by atoms with Gasteiger partial charge in [-0.05, 0) is 19.9 Å². The highest BCUT2D eigenvalue weighted by Gasteiger charge is 2.50. The maximum Gasteiger partial charge on any atom is 0.348 e. The molecule has 2 aromatic rings. The summed E-state index contributed by atoms with van der Waals surface area (Å²) in [7, 11) is 1.40. The largest absolute Gasteiger partial charge is 0.507 e. The maximum absolute atomic E-state index is 14.4. The zero-order valence-corrected chi connectivity index (χ0v) is 35.5. The van der Waals surface area contributed by atoms with Gasteiger partial charge in [-0.25, -0.2) is 4.79 Å². The number of fused-ring (bicyclic) bond motifs is 14. The number of esters is 1. The number of aromatic hydroxyl groups is 3. The average molecular weight is 841 g/mol. The van der Waals surface area contributed by atoms with Gasteiger partial charge in [-0.15, -0.1) is 0 Å². The first kappa shape index (κ1) is 47.0. The number of phenols is 3. The highest BCUT2D eigenvalue weighted by Crippen LogP contribution is 2.55. The van der Waals surface area contributed by atoms with Gasteiger partial charge in [-0.2, -0.15) is 0 Å². The highest BCUT2D eigenvalue weighted by molar-refractivity contribution is 6.23. The van der Waals surface area contributed by atoms with E-state index in [1.54, 1.807) is 47.6 Å². The summed E-state index contributed by atoms with van der Waals surface area (Å²) in [6, 6.07) is 0. The number of nitrogens with zero attached hydrogens (tertiary/aromatic N) is 1. The van der Waals surface area contributed by atoms with Crippen molar-refractivity contribution < 1.29 is 73.6 Å². The minimum absolute atomic E-state index is 0.0301. The number of hydrogen-bond acceptors (Lipinski definition) is 15. The van der Waals surface area contributed by atoms with E-state index in [0.717, 1.165) is 12.5 Å². The molecule has 10 unspecified atom stereocenters. The Balaban J connectivity index is 1.99. The molecule has 328 valence electrons. The van der Waals surface area contributed by atoms with Crippen molar-refractivity contribution in [3.63, 3.8) is 0 Å². The van der Waals surface area contributed by atoms with E-state index in [-0.39, 0.29) is 22.4 Å². The minimum atomic E-state index is -2.13. The molecule has 0 saturated carbocycles. The fraction of sp³-hybridized carbons (Fsp3) is 0.512. The quantitative estimate of drug-likeness (QED) is 0.0620. The summed E-state index contributed by atoms with van der Waals surface area (Å²) in [6.45, 7) is 15.3. The molecular weight excluding hydrogens is 784 g/mol. The number of hydrogen-bond donors (Lipinski definition) is 7. The van der Waals surface area contributed by atoms with Gasteiger partial charge < -0.3 is 59.7 Å². The summed E-state index contributed by atoms with van der Waals surface area (Å²) in [5.41, 5.74) is -1.17. The van der Waals surface area contributed by atoms with Gasteiger partial charge in [0.25, 0.3) is 11.7 Å². The molecule has 0 saturated heterocycles. The van der Waals surface area contributed by atoms with Gasteiger partial charge >= 0.3 is 17.7 Å². The van der Waals surface area contributed by atoms with Crippen LogP contribution in [-0.2, 0) is 33.4 Å². The van der Waals surface area contributed by atoms with E-state index in [9.17, 15) is 49.8 Å². The molecule has 0 aliphatic carbocycles. The summed E-state index contributed by atoms with van der Waals surface area (Å²) < 4.78 is 23.4. The molecule has 1 amide bonds. The van der Waals surface area contributed by atoms with E-state index in [0.29, 0.717) is 0 Å². The molecule has 0 fully saturated rings. The number of carboxylic acids is 1. The number of oxime groups is 1. The minimum Gasteiger partial charge on any atom is -0.507 e. The molecule has 17 heteroatoms. The van der Waals surface area contributed by atoms with Gasteiger partial charge in [-0.1, -0.05) is 64.9 Å². The van der Waals surface area contributed by atoms with E-state index in [1.165, 1.54) is 53.0 Å². The second-order valence-electron chi connectivity index (χ2n) is 16.0. The first-order valence-corrected chi connectivity index (χ1v) is 19.5.